The van der Waals surface area contributed by atoms with E-state index < -0.39 is 0 Å². The summed E-state index contributed by atoms with van der Waals surface area (Å²) < 4.78 is 0. The van der Waals surface area contributed by atoms with Gasteiger partial charge in [-0.05, 0) is 43.7 Å². The summed E-state index contributed by atoms with van der Waals surface area (Å²) in [6.45, 7) is 8.37. The number of anilines is 1. The molecule has 2 heterocycles. The smallest absolute Gasteiger partial charge is 0.161 e. The van der Waals surface area contributed by atoms with E-state index in [1.807, 2.05) is 12.1 Å². The standard InChI is InChI=1S/C15H22N2O/c1-12(18)13-5-6-14(16-11-13)17-9-4-7-15(2,3)8-10-17/h5-6,11H,4,7-10H2,1-3H3. The normalized spacial score (nSPS) is 19.4. The van der Waals surface area contributed by atoms with Crippen molar-refractivity contribution in [2.24, 2.45) is 5.41 Å². The molecule has 3 nitrogen and oxygen atoms in total. The van der Waals surface area contributed by atoms with E-state index in [1.54, 1.807) is 13.1 Å². The molecule has 0 atom stereocenters. The molecule has 1 saturated heterocycles. The Balaban J connectivity index is 2.09. The molecule has 1 fully saturated rings. The van der Waals surface area contributed by atoms with Crippen molar-refractivity contribution in [1.29, 1.82) is 0 Å². The molecule has 0 aromatic carbocycles. The maximum Gasteiger partial charge on any atom is 0.161 e. The van der Waals surface area contributed by atoms with Crippen molar-refractivity contribution in [2.45, 2.75) is 40.0 Å². The first-order chi connectivity index (χ1) is 8.48. The molecule has 3 heteroatoms. The zero-order valence-electron chi connectivity index (χ0n) is 11.6. The molecule has 0 unspecified atom stereocenters. The van der Waals surface area contributed by atoms with Crippen LogP contribution < -0.4 is 4.90 Å². The monoisotopic (exact) mass is 246 g/mol. The van der Waals surface area contributed by atoms with E-state index in [0.29, 0.717) is 11.0 Å². The van der Waals surface area contributed by atoms with Crippen molar-refractivity contribution < 1.29 is 4.79 Å². The third-order valence-corrected chi connectivity index (χ3v) is 3.82. The van der Waals surface area contributed by atoms with Crippen LogP contribution >= 0.6 is 0 Å². The van der Waals surface area contributed by atoms with Crippen LogP contribution in [0, 0.1) is 5.41 Å². The first-order valence-electron chi connectivity index (χ1n) is 6.70. The lowest BCUT2D eigenvalue weighted by Crippen LogP contribution is -2.25. The third kappa shape index (κ3) is 3.09. The maximum absolute atomic E-state index is 11.2. The van der Waals surface area contributed by atoms with Crippen molar-refractivity contribution in [3.05, 3.63) is 23.9 Å². The highest BCUT2D eigenvalue weighted by atomic mass is 16.1. The minimum atomic E-state index is 0.0750. The summed E-state index contributed by atoms with van der Waals surface area (Å²) in [6, 6.07) is 3.84. The number of carbonyl (C=O) groups is 1. The number of aromatic nitrogens is 1. The lowest BCUT2D eigenvalue weighted by Gasteiger charge is -2.24. The Hall–Kier alpha value is -1.38. The molecule has 1 aliphatic heterocycles. The highest BCUT2D eigenvalue weighted by Gasteiger charge is 2.23. The van der Waals surface area contributed by atoms with Crippen LogP contribution in [0.3, 0.4) is 0 Å². The summed E-state index contributed by atoms with van der Waals surface area (Å²) in [5.41, 5.74) is 1.13. The number of nitrogens with zero attached hydrogens (tertiary/aromatic N) is 2. The van der Waals surface area contributed by atoms with E-state index in [0.717, 1.165) is 18.9 Å². The number of hydrogen-bond donors (Lipinski definition) is 0. The average Bonchev–Trinajstić information content (AvgIpc) is 2.50. The van der Waals surface area contributed by atoms with Crippen LogP contribution in [0.15, 0.2) is 18.3 Å². The van der Waals surface area contributed by atoms with Gasteiger partial charge in [0.25, 0.3) is 0 Å². The highest BCUT2D eigenvalue weighted by Crippen LogP contribution is 2.31. The number of carbonyl (C=O) groups excluding carboxylic acids is 1. The van der Waals surface area contributed by atoms with Crippen LogP contribution in [0.25, 0.3) is 0 Å². The van der Waals surface area contributed by atoms with Crippen LogP contribution in [0.1, 0.15) is 50.4 Å². The van der Waals surface area contributed by atoms with Crippen molar-refractivity contribution in [3.63, 3.8) is 0 Å². The Labute approximate surface area is 109 Å². The number of hydrogen-bond acceptors (Lipinski definition) is 3. The quantitative estimate of drug-likeness (QED) is 0.751. The second-order valence-electron chi connectivity index (χ2n) is 5.97. The molecule has 0 radical (unpaired) electrons. The molecule has 0 N–H and O–H groups in total. The van der Waals surface area contributed by atoms with E-state index in [4.69, 9.17) is 0 Å². The van der Waals surface area contributed by atoms with Gasteiger partial charge in [-0.2, -0.15) is 0 Å². The van der Waals surface area contributed by atoms with Gasteiger partial charge in [0.05, 0.1) is 0 Å². The molecule has 98 valence electrons. The van der Waals surface area contributed by atoms with Gasteiger partial charge in [0, 0.05) is 24.8 Å². The predicted molar refractivity (Wildman–Crippen MR) is 74.1 cm³/mol. The van der Waals surface area contributed by atoms with Gasteiger partial charge in [-0.1, -0.05) is 13.8 Å². The molecule has 1 aromatic rings. The van der Waals surface area contributed by atoms with Gasteiger partial charge < -0.3 is 4.90 Å². The van der Waals surface area contributed by atoms with Crippen LogP contribution in [0.4, 0.5) is 5.82 Å². The molecular formula is C15H22N2O. The van der Waals surface area contributed by atoms with Crippen molar-refractivity contribution in [1.82, 2.24) is 4.98 Å². The first kappa shape index (κ1) is 13.1. The zero-order chi connectivity index (χ0) is 13.2. The molecule has 1 aliphatic rings. The molecular weight excluding hydrogens is 224 g/mol. The minimum absolute atomic E-state index is 0.0750. The molecule has 1 aromatic heterocycles. The van der Waals surface area contributed by atoms with Crippen LogP contribution in [0.2, 0.25) is 0 Å². The van der Waals surface area contributed by atoms with Gasteiger partial charge in [-0.15, -0.1) is 0 Å². The zero-order valence-corrected chi connectivity index (χ0v) is 11.6. The van der Waals surface area contributed by atoms with Crippen molar-refractivity contribution >= 4 is 11.6 Å². The summed E-state index contributed by atoms with van der Waals surface area (Å²) >= 11 is 0. The van der Waals surface area contributed by atoms with Gasteiger partial charge in [0.1, 0.15) is 5.82 Å². The van der Waals surface area contributed by atoms with Crippen molar-refractivity contribution in [3.8, 4) is 0 Å². The largest absolute Gasteiger partial charge is 0.357 e. The summed E-state index contributed by atoms with van der Waals surface area (Å²) in [4.78, 5) is 18.0. The first-order valence-corrected chi connectivity index (χ1v) is 6.70. The van der Waals surface area contributed by atoms with Crippen LogP contribution in [-0.2, 0) is 0 Å². The fourth-order valence-electron chi connectivity index (χ4n) is 2.43. The maximum atomic E-state index is 11.2. The van der Waals surface area contributed by atoms with E-state index in [-0.39, 0.29) is 5.78 Å². The fourth-order valence-corrected chi connectivity index (χ4v) is 2.43. The molecule has 0 spiro atoms. The molecule has 0 bridgehead atoms. The average molecular weight is 246 g/mol. The number of pyridine rings is 1. The van der Waals surface area contributed by atoms with E-state index in [2.05, 4.69) is 23.7 Å². The molecule has 0 amide bonds. The number of rotatable bonds is 2. The van der Waals surface area contributed by atoms with Gasteiger partial charge in [-0.3, -0.25) is 4.79 Å². The summed E-state index contributed by atoms with van der Waals surface area (Å²) in [5.74, 6) is 1.07. The van der Waals surface area contributed by atoms with Gasteiger partial charge >= 0.3 is 0 Å². The molecule has 0 saturated carbocycles. The Morgan fingerprint density at radius 3 is 2.67 bits per heavy atom. The predicted octanol–water partition coefficient (Wildman–Crippen LogP) is 3.30. The lowest BCUT2D eigenvalue weighted by atomic mass is 9.85. The van der Waals surface area contributed by atoms with Crippen LogP contribution in [0.5, 0.6) is 0 Å². The summed E-state index contributed by atoms with van der Waals surface area (Å²) in [6.07, 6.45) is 5.37. The SMILES string of the molecule is CC(=O)c1ccc(N2CCCC(C)(C)CC2)nc1. The number of Topliss-reactive ketones (excluding diaryl/α,β-unsaturated/α-hetero) is 1. The second kappa shape index (κ2) is 5.09. The summed E-state index contributed by atoms with van der Waals surface area (Å²) in [7, 11) is 0. The van der Waals surface area contributed by atoms with Gasteiger partial charge in [0.2, 0.25) is 0 Å². The van der Waals surface area contributed by atoms with Gasteiger partial charge in [0.15, 0.2) is 5.78 Å². The third-order valence-electron chi connectivity index (χ3n) is 3.82. The Kier molecular flexibility index (Phi) is 3.69. The fraction of sp³-hybridized carbons (Fsp3) is 0.600. The summed E-state index contributed by atoms with van der Waals surface area (Å²) in [5, 5.41) is 0. The second-order valence-corrected chi connectivity index (χ2v) is 5.97. The topological polar surface area (TPSA) is 33.2 Å². The molecule has 0 aliphatic carbocycles. The Bertz CT molecular complexity index is 423. The Morgan fingerprint density at radius 1 is 1.28 bits per heavy atom. The van der Waals surface area contributed by atoms with Crippen LogP contribution in [-0.4, -0.2) is 23.9 Å². The molecule has 18 heavy (non-hydrogen) atoms. The van der Waals surface area contributed by atoms with Crippen molar-refractivity contribution in [2.75, 3.05) is 18.0 Å². The highest BCUT2D eigenvalue weighted by molar-refractivity contribution is 5.93. The minimum Gasteiger partial charge on any atom is -0.357 e. The van der Waals surface area contributed by atoms with E-state index >= 15 is 0 Å². The van der Waals surface area contributed by atoms with Gasteiger partial charge in [-0.25, -0.2) is 4.98 Å². The lowest BCUT2D eigenvalue weighted by molar-refractivity contribution is 0.101. The van der Waals surface area contributed by atoms with E-state index in [9.17, 15) is 4.79 Å². The molecule has 2 rings (SSSR count). The Morgan fingerprint density at radius 2 is 2.06 bits per heavy atom. The van der Waals surface area contributed by atoms with E-state index in [1.165, 1.54) is 19.3 Å². The number of ketones is 1.